The predicted molar refractivity (Wildman–Crippen MR) is 83.7 cm³/mol. The molecule has 1 aromatic heterocycles. The lowest BCUT2D eigenvalue weighted by Gasteiger charge is -2.18. The normalized spacial score (nSPS) is 14.5. The van der Waals surface area contributed by atoms with Gasteiger partial charge in [-0.2, -0.15) is 0 Å². The van der Waals surface area contributed by atoms with Crippen molar-refractivity contribution in [3.8, 4) is 5.75 Å². The minimum Gasteiger partial charge on any atom is -0.491 e. The van der Waals surface area contributed by atoms with Crippen molar-refractivity contribution in [3.05, 3.63) is 40.4 Å². The summed E-state index contributed by atoms with van der Waals surface area (Å²) in [6.45, 7) is 3.29. The molecule has 3 rings (SSSR count). The molecule has 0 aliphatic carbocycles. The Bertz CT molecular complexity index is 615. The number of benzene rings is 1. The fourth-order valence-electron chi connectivity index (χ4n) is 2.40. The highest BCUT2D eigenvalue weighted by molar-refractivity contribution is 7.15. The van der Waals surface area contributed by atoms with Crippen molar-refractivity contribution in [2.75, 3.05) is 25.2 Å². The summed E-state index contributed by atoms with van der Waals surface area (Å²) < 4.78 is 11.0. The van der Waals surface area contributed by atoms with Crippen LogP contribution in [-0.4, -0.2) is 25.2 Å². The monoisotopic (exact) mass is 305 g/mol. The minimum atomic E-state index is 0.497. The van der Waals surface area contributed by atoms with Gasteiger partial charge in [0.1, 0.15) is 12.4 Å². The van der Waals surface area contributed by atoms with E-state index in [0.717, 1.165) is 34.5 Å². The summed E-state index contributed by atoms with van der Waals surface area (Å²) in [5.74, 6) is 0.965. The van der Waals surface area contributed by atoms with Gasteiger partial charge in [-0.3, -0.25) is 0 Å². The molecule has 0 spiro atoms. The van der Waals surface area contributed by atoms with Crippen LogP contribution in [0.15, 0.2) is 24.3 Å². The summed E-state index contributed by atoms with van der Waals surface area (Å²) in [7, 11) is 1.68. The van der Waals surface area contributed by atoms with Gasteiger partial charge in [-0.25, -0.2) is 4.98 Å². The molecule has 1 aliphatic rings. The maximum absolute atomic E-state index is 5.80. The number of para-hydroxylation sites is 1. The maximum Gasteiger partial charge on any atom is 0.186 e. The fraction of sp³-hybridized carbons (Fsp3) is 0.400. The average Bonchev–Trinajstić information content (AvgIpc) is 2.78. The first kappa shape index (κ1) is 14.3. The third-order valence-corrected chi connectivity index (χ3v) is 4.64. The van der Waals surface area contributed by atoms with Crippen LogP contribution in [0.4, 0.5) is 5.13 Å². The molecule has 1 aromatic carbocycles. The number of nitrogens with zero attached hydrogens (tertiary/aromatic N) is 2. The minimum absolute atomic E-state index is 0.497. The number of aromatic nitrogens is 1. The van der Waals surface area contributed by atoms with Gasteiger partial charge in [-0.15, -0.1) is 11.3 Å². The fourth-order valence-corrected chi connectivity index (χ4v) is 3.37. The standard InChI is InChI=1S/C15H19N3O2S/c1-19-10-12-14(8-16)21-15(17-12)18-6-7-20-13-5-3-2-4-11(13)9-18/h2-5H,6-10,16H2,1H3. The van der Waals surface area contributed by atoms with Gasteiger partial charge in [-0.1, -0.05) is 18.2 Å². The Labute approximate surface area is 128 Å². The molecule has 2 N–H and O–H groups in total. The van der Waals surface area contributed by atoms with Crippen LogP contribution in [-0.2, 0) is 24.4 Å². The lowest BCUT2D eigenvalue weighted by molar-refractivity contribution is 0.181. The number of nitrogens with two attached hydrogens (primary N) is 1. The highest BCUT2D eigenvalue weighted by Gasteiger charge is 2.19. The molecule has 112 valence electrons. The van der Waals surface area contributed by atoms with Crippen molar-refractivity contribution in [3.63, 3.8) is 0 Å². The third kappa shape index (κ3) is 3.02. The van der Waals surface area contributed by atoms with Crippen molar-refractivity contribution in [1.82, 2.24) is 4.98 Å². The molecule has 2 heterocycles. The quantitative estimate of drug-likeness (QED) is 0.938. The number of hydrogen-bond acceptors (Lipinski definition) is 6. The number of anilines is 1. The van der Waals surface area contributed by atoms with Crippen LogP contribution in [0.25, 0.3) is 0 Å². The first-order chi connectivity index (χ1) is 10.3. The van der Waals surface area contributed by atoms with Crippen molar-refractivity contribution < 1.29 is 9.47 Å². The van der Waals surface area contributed by atoms with Crippen LogP contribution >= 0.6 is 11.3 Å². The number of rotatable bonds is 4. The molecule has 0 amide bonds. The molecule has 6 heteroatoms. The van der Waals surface area contributed by atoms with Crippen molar-refractivity contribution in [2.45, 2.75) is 19.7 Å². The number of ether oxygens (including phenoxy) is 2. The number of methoxy groups -OCH3 is 1. The predicted octanol–water partition coefficient (Wildman–Crippen LogP) is 2.15. The summed E-state index contributed by atoms with van der Waals surface area (Å²) in [6.07, 6.45) is 0. The van der Waals surface area contributed by atoms with Crippen LogP contribution in [0.3, 0.4) is 0 Å². The summed E-state index contributed by atoms with van der Waals surface area (Å²) in [5, 5.41) is 0.989. The van der Waals surface area contributed by atoms with Crippen LogP contribution in [0, 0.1) is 0 Å². The van der Waals surface area contributed by atoms with Gasteiger partial charge in [0.25, 0.3) is 0 Å². The second-order valence-corrected chi connectivity index (χ2v) is 5.94. The van der Waals surface area contributed by atoms with E-state index in [9.17, 15) is 0 Å². The summed E-state index contributed by atoms with van der Waals surface area (Å²) in [5.41, 5.74) is 7.93. The van der Waals surface area contributed by atoms with E-state index in [-0.39, 0.29) is 0 Å². The molecule has 2 aromatic rings. The van der Waals surface area contributed by atoms with Gasteiger partial charge in [0, 0.05) is 30.6 Å². The Morgan fingerprint density at radius 3 is 3.10 bits per heavy atom. The SMILES string of the molecule is COCc1nc(N2CCOc3ccccc3C2)sc1CN. The van der Waals surface area contributed by atoms with E-state index in [0.29, 0.717) is 19.8 Å². The molecule has 21 heavy (non-hydrogen) atoms. The van der Waals surface area contributed by atoms with Crippen molar-refractivity contribution in [2.24, 2.45) is 5.73 Å². The molecular formula is C15H19N3O2S. The van der Waals surface area contributed by atoms with E-state index >= 15 is 0 Å². The Hall–Kier alpha value is -1.63. The molecule has 0 atom stereocenters. The second kappa shape index (κ2) is 6.43. The molecule has 0 fully saturated rings. The zero-order valence-corrected chi connectivity index (χ0v) is 12.9. The molecule has 0 radical (unpaired) electrons. The first-order valence-electron chi connectivity index (χ1n) is 6.95. The van der Waals surface area contributed by atoms with E-state index in [2.05, 4.69) is 11.0 Å². The first-order valence-corrected chi connectivity index (χ1v) is 7.76. The van der Waals surface area contributed by atoms with Crippen molar-refractivity contribution in [1.29, 1.82) is 0 Å². The third-order valence-electron chi connectivity index (χ3n) is 3.46. The Kier molecular flexibility index (Phi) is 4.38. The average molecular weight is 305 g/mol. The van der Waals surface area contributed by atoms with Gasteiger partial charge in [0.15, 0.2) is 5.13 Å². The zero-order chi connectivity index (χ0) is 14.7. The number of fused-ring (bicyclic) bond motifs is 1. The molecular weight excluding hydrogens is 286 g/mol. The van der Waals surface area contributed by atoms with Gasteiger partial charge >= 0.3 is 0 Å². The van der Waals surface area contributed by atoms with E-state index < -0.39 is 0 Å². The summed E-state index contributed by atoms with van der Waals surface area (Å²) in [6, 6.07) is 8.15. The number of hydrogen-bond donors (Lipinski definition) is 1. The highest BCUT2D eigenvalue weighted by atomic mass is 32.1. The lowest BCUT2D eigenvalue weighted by atomic mass is 10.2. The molecule has 0 saturated heterocycles. The van der Waals surface area contributed by atoms with E-state index in [1.165, 1.54) is 5.56 Å². The Morgan fingerprint density at radius 2 is 2.29 bits per heavy atom. The lowest BCUT2D eigenvalue weighted by Crippen LogP contribution is -2.25. The summed E-state index contributed by atoms with van der Waals surface area (Å²) >= 11 is 1.64. The number of thiazole rings is 1. The van der Waals surface area contributed by atoms with E-state index in [1.807, 2.05) is 18.2 Å². The highest BCUT2D eigenvalue weighted by Crippen LogP contribution is 2.31. The van der Waals surface area contributed by atoms with Gasteiger partial charge < -0.3 is 20.1 Å². The topological polar surface area (TPSA) is 60.6 Å². The van der Waals surface area contributed by atoms with Crippen LogP contribution in [0.1, 0.15) is 16.1 Å². The smallest absolute Gasteiger partial charge is 0.186 e. The van der Waals surface area contributed by atoms with E-state index in [4.69, 9.17) is 20.2 Å². The van der Waals surface area contributed by atoms with Gasteiger partial charge in [0.05, 0.1) is 18.8 Å². The molecule has 0 saturated carbocycles. The van der Waals surface area contributed by atoms with Gasteiger partial charge in [-0.05, 0) is 6.07 Å². The maximum atomic E-state index is 5.80. The van der Waals surface area contributed by atoms with Crippen LogP contribution in [0.5, 0.6) is 5.75 Å². The molecule has 5 nitrogen and oxygen atoms in total. The molecule has 0 unspecified atom stereocenters. The van der Waals surface area contributed by atoms with E-state index in [1.54, 1.807) is 18.4 Å². The van der Waals surface area contributed by atoms with Crippen LogP contribution in [0.2, 0.25) is 0 Å². The molecule has 1 aliphatic heterocycles. The Balaban J connectivity index is 1.87. The van der Waals surface area contributed by atoms with Gasteiger partial charge in [0.2, 0.25) is 0 Å². The Morgan fingerprint density at radius 1 is 1.43 bits per heavy atom. The largest absolute Gasteiger partial charge is 0.491 e. The summed E-state index contributed by atoms with van der Waals surface area (Å²) in [4.78, 5) is 8.03. The van der Waals surface area contributed by atoms with Crippen LogP contribution < -0.4 is 15.4 Å². The van der Waals surface area contributed by atoms with Crippen molar-refractivity contribution >= 4 is 16.5 Å². The zero-order valence-electron chi connectivity index (χ0n) is 12.0. The molecule has 0 bridgehead atoms. The second-order valence-electron chi connectivity index (χ2n) is 4.88.